The van der Waals surface area contributed by atoms with E-state index >= 15 is 0 Å². The van der Waals surface area contributed by atoms with Crippen LogP contribution in [0.15, 0.2) is 0 Å². The molecule has 0 aromatic carbocycles. The lowest BCUT2D eigenvalue weighted by molar-refractivity contribution is 0.566. The summed E-state index contributed by atoms with van der Waals surface area (Å²) in [6, 6.07) is 0. The molecule has 0 saturated heterocycles. The molecule has 1 unspecified atom stereocenters. The van der Waals surface area contributed by atoms with Gasteiger partial charge < -0.3 is 0 Å². The fraction of sp³-hybridized carbons (Fsp3) is 1.00. The minimum atomic E-state index is 0.588. The van der Waals surface area contributed by atoms with Gasteiger partial charge in [-0.15, -0.1) is 0 Å². The summed E-state index contributed by atoms with van der Waals surface area (Å²) in [6.07, 6.45) is 12.4. The lowest BCUT2D eigenvalue weighted by Crippen LogP contribution is -1.90. The minimum absolute atomic E-state index is 0.588. The van der Waals surface area contributed by atoms with Crippen molar-refractivity contribution in [2.24, 2.45) is 0 Å². The van der Waals surface area contributed by atoms with Gasteiger partial charge in [0.05, 0.1) is 0 Å². The third kappa shape index (κ3) is 12.7. The first-order chi connectivity index (χ1) is 6.77. The van der Waals surface area contributed by atoms with Crippen LogP contribution in [0.25, 0.3) is 0 Å². The van der Waals surface area contributed by atoms with Gasteiger partial charge in [0.25, 0.3) is 0 Å². The summed E-state index contributed by atoms with van der Waals surface area (Å²) in [6.45, 7) is 2.18. The SMILES string of the molecule is CC(S)CCCCCCCCCCS. The molecule has 0 spiro atoms. The van der Waals surface area contributed by atoms with Crippen molar-refractivity contribution in [3.8, 4) is 0 Å². The van der Waals surface area contributed by atoms with Crippen molar-refractivity contribution < 1.29 is 0 Å². The van der Waals surface area contributed by atoms with E-state index in [4.69, 9.17) is 0 Å². The van der Waals surface area contributed by atoms with Gasteiger partial charge in [-0.3, -0.25) is 0 Å². The molecule has 0 N–H and O–H groups in total. The Hall–Kier alpha value is 0.700. The Balaban J connectivity index is 2.85. The van der Waals surface area contributed by atoms with E-state index in [1.165, 1.54) is 57.8 Å². The molecule has 0 rings (SSSR count). The third-order valence-electron chi connectivity index (χ3n) is 2.53. The van der Waals surface area contributed by atoms with Crippen molar-refractivity contribution in [2.45, 2.75) is 70.0 Å². The van der Waals surface area contributed by atoms with Crippen molar-refractivity contribution in [1.82, 2.24) is 0 Å². The predicted molar refractivity (Wildman–Crippen MR) is 73.9 cm³/mol. The molecule has 0 amide bonds. The Bertz CT molecular complexity index is 102. The molecule has 0 nitrogen and oxygen atoms in total. The molecular formula is C12H26S2. The van der Waals surface area contributed by atoms with Gasteiger partial charge in [-0.05, 0) is 23.8 Å². The summed E-state index contributed by atoms with van der Waals surface area (Å²) < 4.78 is 0. The van der Waals surface area contributed by atoms with E-state index in [0.717, 1.165) is 5.75 Å². The first kappa shape index (κ1) is 14.7. The number of hydrogen-bond donors (Lipinski definition) is 2. The maximum Gasteiger partial charge on any atom is -0.00116 e. The van der Waals surface area contributed by atoms with Crippen LogP contribution in [0.3, 0.4) is 0 Å². The lowest BCUT2D eigenvalue weighted by Gasteiger charge is -2.03. The quantitative estimate of drug-likeness (QED) is 0.396. The average Bonchev–Trinajstić information content (AvgIpc) is 2.15. The van der Waals surface area contributed by atoms with E-state index in [1.807, 2.05) is 0 Å². The Labute approximate surface area is 101 Å². The largest absolute Gasteiger partial charge is 0.179 e. The highest BCUT2D eigenvalue weighted by molar-refractivity contribution is 7.80. The fourth-order valence-electron chi connectivity index (χ4n) is 1.61. The summed E-state index contributed by atoms with van der Waals surface area (Å²) in [5, 5.41) is 0.588. The highest BCUT2D eigenvalue weighted by Gasteiger charge is 1.95. The fourth-order valence-corrected chi connectivity index (χ4v) is 2.02. The highest BCUT2D eigenvalue weighted by atomic mass is 32.1. The molecule has 0 aliphatic rings. The van der Waals surface area contributed by atoms with Gasteiger partial charge >= 0.3 is 0 Å². The molecule has 0 heterocycles. The molecule has 1 atom stereocenters. The maximum absolute atomic E-state index is 4.37. The van der Waals surface area contributed by atoms with E-state index in [9.17, 15) is 0 Å². The van der Waals surface area contributed by atoms with Crippen molar-refractivity contribution in [3.63, 3.8) is 0 Å². The first-order valence-electron chi connectivity index (χ1n) is 6.06. The Morgan fingerprint density at radius 3 is 1.64 bits per heavy atom. The van der Waals surface area contributed by atoms with Crippen LogP contribution in [0.1, 0.15) is 64.7 Å². The maximum atomic E-state index is 4.37. The van der Waals surface area contributed by atoms with Crippen LogP contribution in [-0.4, -0.2) is 11.0 Å². The van der Waals surface area contributed by atoms with Crippen LogP contribution in [0, 0.1) is 0 Å². The second-order valence-electron chi connectivity index (χ2n) is 4.19. The second kappa shape index (κ2) is 11.8. The summed E-state index contributed by atoms with van der Waals surface area (Å²) in [4.78, 5) is 0. The molecule has 0 bridgehead atoms. The van der Waals surface area contributed by atoms with E-state index in [1.54, 1.807) is 0 Å². The van der Waals surface area contributed by atoms with Crippen LogP contribution in [0.4, 0.5) is 0 Å². The molecular weight excluding hydrogens is 208 g/mol. The minimum Gasteiger partial charge on any atom is -0.179 e. The number of rotatable bonds is 10. The topological polar surface area (TPSA) is 0 Å². The van der Waals surface area contributed by atoms with E-state index < -0.39 is 0 Å². The van der Waals surface area contributed by atoms with Crippen LogP contribution >= 0.6 is 25.3 Å². The van der Waals surface area contributed by atoms with Gasteiger partial charge in [-0.2, -0.15) is 25.3 Å². The summed E-state index contributed by atoms with van der Waals surface area (Å²) in [5.41, 5.74) is 0. The molecule has 0 saturated carbocycles. The molecule has 2 heteroatoms. The van der Waals surface area contributed by atoms with Crippen LogP contribution in [0.5, 0.6) is 0 Å². The van der Waals surface area contributed by atoms with Crippen molar-refractivity contribution >= 4 is 25.3 Å². The van der Waals surface area contributed by atoms with E-state index in [2.05, 4.69) is 32.2 Å². The average molecular weight is 234 g/mol. The lowest BCUT2D eigenvalue weighted by atomic mass is 10.1. The normalized spacial score (nSPS) is 13.1. The smallest absolute Gasteiger partial charge is 0.00116 e. The Morgan fingerprint density at radius 2 is 1.21 bits per heavy atom. The highest BCUT2D eigenvalue weighted by Crippen LogP contribution is 2.12. The van der Waals surface area contributed by atoms with E-state index in [0.29, 0.717) is 5.25 Å². The number of unbranched alkanes of at least 4 members (excludes halogenated alkanes) is 7. The van der Waals surface area contributed by atoms with E-state index in [-0.39, 0.29) is 0 Å². The molecule has 14 heavy (non-hydrogen) atoms. The molecule has 0 aromatic rings. The second-order valence-corrected chi connectivity index (χ2v) is 5.52. The van der Waals surface area contributed by atoms with Gasteiger partial charge in [-0.25, -0.2) is 0 Å². The zero-order valence-corrected chi connectivity index (χ0v) is 11.3. The van der Waals surface area contributed by atoms with Crippen molar-refractivity contribution in [3.05, 3.63) is 0 Å². The monoisotopic (exact) mass is 234 g/mol. The van der Waals surface area contributed by atoms with Gasteiger partial charge in [-0.1, -0.05) is 51.9 Å². The zero-order valence-electron chi connectivity index (χ0n) is 9.54. The predicted octanol–water partition coefficient (Wildman–Crippen LogP) is 4.75. The molecule has 0 radical (unpaired) electrons. The molecule has 86 valence electrons. The van der Waals surface area contributed by atoms with Gasteiger partial charge in [0.1, 0.15) is 0 Å². The Kier molecular flexibility index (Phi) is 12.4. The third-order valence-corrected chi connectivity index (χ3v) is 3.10. The van der Waals surface area contributed by atoms with Crippen LogP contribution in [0.2, 0.25) is 0 Å². The molecule has 0 aliphatic heterocycles. The number of thiol groups is 2. The zero-order chi connectivity index (χ0) is 10.6. The van der Waals surface area contributed by atoms with Crippen molar-refractivity contribution in [1.29, 1.82) is 0 Å². The van der Waals surface area contributed by atoms with Gasteiger partial charge in [0.15, 0.2) is 0 Å². The summed E-state index contributed by atoms with van der Waals surface area (Å²) in [7, 11) is 0. The van der Waals surface area contributed by atoms with Crippen molar-refractivity contribution in [2.75, 3.05) is 5.75 Å². The Morgan fingerprint density at radius 1 is 0.786 bits per heavy atom. The summed E-state index contributed by atoms with van der Waals surface area (Å²) >= 11 is 8.58. The van der Waals surface area contributed by atoms with Gasteiger partial charge in [0, 0.05) is 0 Å². The summed E-state index contributed by atoms with van der Waals surface area (Å²) in [5.74, 6) is 1.06. The van der Waals surface area contributed by atoms with Gasteiger partial charge in [0.2, 0.25) is 0 Å². The standard InChI is InChI=1S/C12H26S2/c1-12(14)10-8-6-4-2-3-5-7-9-11-13/h12-14H,2-11H2,1H3. The molecule has 0 fully saturated rings. The molecule has 0 aromatic heterocycles. The molecule has 0 aliphatic carbocycles. The first-order valence-corrected chi connectivity index (χ1v) is 7.21. The number of hydrogen-bond acceptors (Lipinski definition) is 2. The van der Waals surface area contributed by atoms with Crippen LogP contribution in [-0.2, 0) is 0 Å². The van der Waals surface area contributed by atoms with Crippen LogP contribution < -0.4 is 0 Å².